The third-order valence-corrected chi connectivity index (χ3v) is 4.59. The number of nitrogens with one attached hydrogen (secondary N) is 1. The topological polar surface area (TPSA) is 95.2 Å². The predicted octanol–water partition coefficient (Wildman–Crippen LogP) is 1.26. The second-order valence-electron chi connectivity index (χ2n) is 6.80. The van der Waals surface area contributed by atoms with Crippen LogP contribution in [0.25, 0.3) is 0 Å². The number of nitrogens with zero attached hydrogens (tertiary/aromatic N) is 3. The number of carbonyl (C=O) groups excluding carboxylic acids is 1. The fourth-order valence-electron chi connectivity index (χ4n) is 3.33. The van der Waals surface area contributed by atoms with E-state index in [0.717, 1.165) is 10.1 Å². The number of carbonyl (C=O) groups is 1. The molecule has 1 aliphatic heterocycles. The minimum atomic E-state index is -0.666. The molecule has 8 heteroatoms. The van der Waals surface area contributed by atoms with Gasteiger partial charge >= 0.3 is 11.7 Å². The lowest BCUT2D eigenvalue weighted by atomic mass is 9.82. The lowest BCUT2D eigenvalue weighted by Crippen LogP contribution is -2.43. The average Bonchev–Trinajstić information content (AvgIpc) is 2.63. The van der Waals surface area contributed by atoms with E-state index in [0.29, 0.717) is 22.7 Å². The molecule has 0 saturated heterocycles. The van der Waals surface area contributed by atoms with Crippen molar-refractivity contribution < 1.29 is 9.53 Å². The SMILES string of the molecule is CC1=C(C(=O)OC(C)C)C(c2ccncc2)c2c(n(C)c(=O)n(C)c2=O)N1. The lowest BCUT2D eigenvalue weighted by molar-refractivity contribution is -0.143. The molecule has 1 N–H and O–H groups in total. The zero-order valence-corrected chi connectivity index (χ0v) is 15.9. The second-order valence-corrected chi connectivity index (χ2v) is 6.80. The summed E-state index contributed by atoms with van der Waals surface area (Å²) in [5.74, 6) is -0.789. The first-order valence-corrected chi connectivity index (χ1v) is 8.62. The normalized spacial score (nSPS) is 16.1. The maximum Gasteiger partial charge on any atom is 0.337 e. The molecule has 2 aromatic heterocycles. The number of hydrogen-bond acceptors (Lipinski definition) is 6. The van der Waals surface area contributed by atoms with E-state index in [-0.39, 0.29) is 6.10 Å². The molecule has 0 saturated carbocycles. The molecule has 0 aromatic carbocycles. The van der Waals surface area contributed by atoms with Gasteiger partial charge in [0.2, 0.25) is 0 Å². The van der Waals surface area contributed by atoms with Crippen molar-refractivity contribution in [1.82, 2.24) is 14.1 Å². The van der Waals surface area contributed by atoms with Crippen LogP contribution in [-0.4, -0.2) is 26.2 Å². The van der Waals surface area contributed by atoms with Crippen LogP contribution in [0.4, 0.5) is 5.82 Å². The number of hydrogen-bond donors (Lipinski definition) is 1. The van der Waals surface area contributed by atoms with Crippen LogP contribution in [0.1, 0.15) is 37.8 Å². The second kappa shape index (κ2) is 6.86. The minimum absolute atomic E-state index is 0.305. The van der Waals surface area contributed by atoms with Gasteiger partial charge in [-0.3, -0.25) is 18.9 Å². The highest BCUT2D eigenvalue weighted by Gasteiger charge is 2.37. The van der Waals surface area contributed by atoms with Crippen molar-refractivity contribution in [2.24, 2.45) is 14.1 Å². The highest BCUT2D eigenvalue weighted by molar-refractivity contribution is 5.94. The van der Waals surface area contributed by atoms with Crippen LogP contribution in [0, 0.1) is 0 Å². The number of anilines is 1. The van der Waals surface area contributed by atoms with E-state index >= 15 is 0 Å². The molecule has 0 aliphatic carbocycles. The fraction of sp³-hybridized carbons (Fsp3) is 0.368. The van der Waals surface area contributed by atoms with E-state index in [4.69, 9.17) is 4.74 Å². The monoisotopic (exact) mass is 370 g/mol. The van der Waals surface area contributed by atoms with Gasteiger partial charge in [0.1, 0.15) is 5.82 Å². The van der Waals surface area contributed by atoms with Gasteiger partial charge in [0, 0.05) is 32.2 Å². The molecule has 3 rings (SSSR count). The Morgan fingerprint density at radius 1 is 1.19 bits per heavy atom. The van der Waals surface area contributed by atoms with E-state index in [2.05, 4.69) is 10.3 Å². The third-order valence-electron chi connectivity index (χ3n) is 4.59. The van der Waals surface area contributed by atoms with Crippen LogP contribution in [0.3, 0.4) is 0 Å². The number of aromatic nitrogens is 3. The molecule has 0 fully saturated rings. The number of allylic oxidation sites excluding steroid dienone is 1. The smallest absolute Gasteiger partial charge is 0.337 e. The summed E-state index contributed by atoms with van der Waals surface area (Å²) in [4.78, 5) is 42.2. The number of fused-ring (bicyclic) bond motifs is 1. The number of pyridine rings is 1. The Balaban J connectivity index is 2.35. The minimum Gasteiger partial charge on any atom is -0.460 e. The Morgan fingerprint density at radius 2 is 1.81 bits per heavy atom. The first-order valence-electron chi connectivity index (χ1n) is 8.62. The van der Waals surface area contributed by atoms with Crippen molar-refractivity contribution in [3.63, 3.8) is 0 Å². The van der Waals surface area contributed by atoms with Crippen molar-refractivity contribution >= 4 is 11.8 Å². The third kappa shape index (κ3) is 3.07. The Hall–Kier alpha value is -3.16. The van der Waals surface area contributed by atoms with Gasteiger partial charge in [0.15, 0.2) is 0 Å². The van der Waals surface area contributed by atoms with Crippen molar-refractivity contribution in [2.75, 3.05) is 5.32 Å². The Bertz CT molecular complexity index is 1050. The molecule has 0 radical (unpaired) electrons. The number of esters is 1. The maximum atomic E-state index is 13.0. The maximum absolute atomic E-state index is 13.0. The molecule has 1 unspecified atom stereocenters. The van der Waals surface area contributed by atoms with Crippen LogP contribution in [0.5, 0.6) is 0 Å². The van der Waals surface area contributed by atoms with E-state index in [9.17, 15) is 14.4 Å². The highest BCUT2D eigenvalue weighted by Crippen LogP contribution is 2.39. The first-order chi connectivity index (χ1) is 12.7. The summed E-state index contributed by atoms with van der Waals surface area (Å²) < 4.78 is 7.84. The predicted molar refractivity (Wildman–Crippen MR) is 101 cm³/mol. The summed E-state index contributed by atoms with van der Waals surface area (Å²) >= 11 is 0. The van der Waals surface area contributed by atoms with Gasteiger partial charge in [-0.2, -0.15) is 0 Å². The summed E-state index contributed by atoms with van der Waals surface area (Å²) in [5.41, 5.74) is 1.03. The van der Waals surface area contributed by atoms with Gasteiger partial charge in [0.25, 0.3) is 5.56 Å². The van der Waals surface area contributed by atoms with Gasteiger partial charge in [-0.1, -0.05) is 0 Å². The fourth-order valence-corrected chi connectivity index (χ4v) is 3.33. The molecule has 27 heavy (non-hydrogen) atoms. The Morgan fingerprint density at radius 3 is 2.41 bits per heavy atom. The molecular formula is C19H22N4O4. The molecule has 2 aromatic rings. The summed E-state index contributed by atoms with van der Waals surface area (Å²) in [6.45, 7) is 5.26. The van der Waals surface area contributed by atoms with Crippen molar-refractivity contribution in [3.8, 4) is 0 Å². The van der Waals surface area contributed by atoms with Gasteiger partial charge in [0.05, 0.1) is 23.2 Å². The molecule has 142 valence electrons. The quantitative estimate of drug-likeness (QED) is 0.818. The van der Waals surface area contributed by atoms with Crippen LogP contribution in [-0.2, 0) is 23.6 Å². The van der Waals surface area contributed by atoms with Gasteiger partial charge in [-0.25, -0.2) is 9.59 Å². The van der Waals surface area contributed by atoms with Gasteiger partial charge in [-0.05, 0) is 38.5 Å². The summed E-state index contributed by atoms with van der Waals surface area (Å²) in [6.07, 6.45) is 2.90. The standard InChI is InChI=1S/C19H22N4O4/c1-10(2)27-18(25)13-11(3)21-16-15(14(13)12-6-8-20-9-7-12)17(24)23(5)19(26)22(16)4/h6-10,14,21H,1-5H3. The molecule has 0 spiro atoms. The molecule has 1 atom stereocenters. The van der Waals surface area contributed by atoms with Gasteiger partial charge < -0.3 is 10.1 Å². The van der Waals surface area contributed by atoms with Crippen LogP contribution in [0.2, 0.25) is 0 Å². The zero-order chi connectivity index (χ0) is 19.9. The molecule has 1 aliphatic rings. The first kappa shape index (κ1) is 18.6. The largest absolute Gasteiger partial charge is 0.460 e. The molecular weight excluding hydrogens is 348 g/mol. The lowest BCUT2D eigenvalue weighted by Gasteiger charge is -2.31. The van der Waals surface area contributed by atoms with E-state index in [1.54, 1.807) is 52.3 Å². The summed E-state index contributed by atoms with van der Waals surface area (Å²) in [6, 6.07) is 3.50. The van der Waals surface area contributed by atoms with Crippen molar-refractivity contribution in [3.05, 3.63) is 67.8 Å². The molecule has 0 bridgehead atoms. The summed E-state index contributed by atoms with van der Waals surface area (Å²) in [5, 5.41) is 3.05. The van der Waals surface area contributed by atoms with E-state index < -0.39 is 23.1 Å². The molecule has 3 heterocycles. The Labute approximate surface area is 156 Å². The van der Waals surface area contributed by atoms with E-state index in [1.165, 1.54) is 11.6 Å². The van der Waals surface area contributed by atoms with Gasteiger partial charge in [-0.15, -0.1) is 0 Å². The molecule has 8 nitrogen and oxygen atoms in total. The average molecular weight is 370 g/mol. The Kier molecular flexibility index (Phi) is 4.73. The molecule has 0 amide bonds. The van der Waals surface area contributed by atoms with Crippen LogP contribution < -0.4 is 16.6 Å². The van der Waals surface area contributed by atoms with Crippen molar-refractivity contribution in [1.29, 1.82) is 0 Å². The van der Waals surface area contributed by atoms with Crippen LogP contribution in [0.15, 0.2) is 45.4 Å². The van der Waals surface area contributed by atoms with Crippen molar-refractivity contribution in [2.45, 2.75) is 32.8 Å². The zero-order valence-electron chi connectivity index (χ0n) is 15.9. The number of ether oxygens (including phenoxy) is 1. The highest BCUT2D eigenvalue weighted by atomic mass is 16.5. The summed E-state index contributed by atoms with van der Waals surface area (Å²) in [7, 11) is 3.01. The van der Waals surface area contributed by atoms with E-state index in [1.807, 2.05) is 0 Å². The van der Waals surface area contributed by atoms with Crippen LogP contribution >= 0.6 is 0 Å². The number of rotatable bonds is 3.